The molecule has 0 radical (unpaired) electrons. The fraction of sp³-hybridized carbons (Fsp3) is 0.0500. The van der Waals surface area contributed by atoms with Crippen molar-refractivity contribution in [1.29, 1.82) is 0 Å². The summed E-state index contributed by atoms with van der Waals surface area (Å²) in [5.74, 6) is -0.817. The zero-order valence-electron chi connectivity index (χ0n) is 14.8. The van der Waals surface area contributed by atoms with E-state index >= 15 is 0 Å². The van der Waals surface area contributed by atoms with Crippen LogP contribution >= 0.6 is 11.8 Å². The quantitative estimate of drug-likeness (QED) is 0.576. The zero-order valence-corrected chi connectivity index (χ0v) is 16.5. The second-order valence-electron chi connectivity index (χ2n) is 5.82. The van der Waals surface area contributed by atoms with Crippen LogP contribution in [0, 0.1) is 5.82 Å². The summed E-state index contributed by atoms with van der Waals surface area (Å²) in [6.45, 7) is 0. The third-order valence-corrected chi connectivity index (χ3v) is 6.01. The van der Waals surface area contributed by atoms with Crippen molar-refractivity contribution in [3.8, 4) is 0 Å². The summed E-state index contributed by atoms with van der Waals surface area (Å²) < 4.78 is 40.0. The maximum atomic E-state index is 13.0. The first kappa shape index (κ1) is 19.9. The maximum Gasteiger partial charge on any atom is 0.261 e. The molecule has 0 aliphatic heterocycles. The van der Waals surface area contributed by atoms with Crippen LogP contribution in [0.5, 0.6) is 0 Å². The molecule has 0 heterocycles. The summed E-state index contributed by atoms with van der Waals surface area (Å²) in [6.07, 6.45) is 1.97. The number of benzene rings is 3. The van der Waals surface area contributed by atoms with E-state index in [1.807, 2.05) is 30.5 Å². The van der Waals surface area contributed by atoms with Gasteiger partial charge in [0.15, 0.2) is 0 Å². The van der Waals surface area contributed by atoms with Crippen LogP contribution in [0.15, 0.2) is 82.6 Å². The lowest BCUT2D eigenvalue weighted by Gasteiger charge is -2.09. The monoisotopic (exact) mass is 416 g/mol. The summed E-state index contributed by atoms with van der Waals surface area (Å²) in [7, 11) is -3.84. The molecule has 0 saturated heterocycles. The van der Waals surface area contributed by atoms with Crippen molar-refractivity contribution in [3.63, 3.8) is 0 Å². The van der Waals surface area contributed by atoms with Crippen molar-refractivity contribution in [2.45, 2.75) is 9.79 Å². The van der Waals surface area contributed by atoms with Gasteiger partial charge in [0.05, 0.1) is 4.90 Å². The molecule has 5 nitrogen and oxygen atoms in total. The van der Waals surface area contributed by atoms with Gasteiger partial charge in [-0.2, -0.15) is 0 Å². The van der Waals surface area contributed by atoms with Crippen LogP contribution in [0.2, 0.25) is 0 Å². The molecule has 1 amide bonds. The SMILES string of the molecule is CSc1ccc(NC(=O)c2ccc(NS(=O)(=O)c3ccc(F)cc3)cc2)cc1. The Bertz CT molecular complexity index is 1070. The summed E-state index contributed by atoms with van der Waals surface area (Å²) in [5, 5.41) is 2.79. The van der Waals surface area contributed by atoms with Crippen molar-refractivity contribution in [3.05, 3.63) is 84.2 Å². The van der Waals surface area contributed by atoms with Gasteiger partial charge in [0.1, 0.15) is 5.82 Å². The number of anilines is 2. The number of hydrogen-bond acceptors (Lipinski definition) is 4. The summed E-state index contributed by atoms with van der Waals surface area (Å²) >= 11 is 1.61. The molecular formula is C20H17FN2O3S2. The zero-order chi connectivity index (χ0) is 20.1. The standard InChI is InChI=1S/C20H17FN2O3S2/c1-27-18-10-8-16(9-11-18)22-20(24)14-2-6-17(7-3-14)23-28(25,26)19-12-4-15(21)5-13-19/h2-13,23H,1H3,(H,22,24). The fourth-order valence-electron chi connectivity index (χ4n) is 2.40. The highest BCUT2D eigenvalue weighted by Crippen LogP contribution is 2.20. The van der Waals surface area contributed by atoms with Crippen LogP contribution < -0.4 is 10.0 Å². The van der Waals surface area contributed by atoms with E-state index in [1.165, 1.54) is 36.4 Å². The van der Waals surface area contributed by atoms with Crippen LogP contribution in [0.4, 0.5) is 15.8 Å². The van der Waals surface area contributed by atoms with Crippen molar-refractivity contribution in [1.82, 2.24) is 0 Å². The van der Waals surface area contributed by atoms with Gasteiger partial charge in [-0.15, -0.1) is 11.8 Å². The lowest BCUT2D eigenvalue weighted by Crippen LogP contribution is -2.14. The average molecular weight is 416 g/mol. The minimum absolute atomic E-state index is 0.0515. The number of sulfonamides is 1. The van der Waals surface area contributed by atoms with Crippen LogP contribution in [0.1, 0.15) is 10.4 Å². The normalized spacial score (nSPS) is 11.1. The molecule has 3 rings (SSSR count). The number of amides is 1. The Kier molecular flexibility index (Phi) is 6.01. The molecule has 3 aromatic carbocycles. The van der Waals surface area contributed by atoms with Gasteiger partial charge in [0.2, 0.25) is 0 Å². The predicted octanol–water partition coefficient (Wildman–Crippen LogP) is 4.60. The highest BCUT2D eigenvalue weighted by atomic mass is 32.2. The highest BCUT2D eigenvalue weighted by Gasteiger charge is 2.14. The van der Waals surface area contributed by atoms with Crippen LogP contribution in [0.3, 0.4) is 0 Å². The molecule has 0 aliphatic carbocycles. The Hall–Kier alpha value is -2.84. The van der Waals surface area contributed by atoms with Gasteiger partial charge in [-0.05, 0) is 79.1 Å². The molecule has 0 bridgehead atoms. The van der Waals surface area contributed by atoms with Crippen LogP contribution in [0.25, 0.3) is 0 Å². The molecule has 0 unspecified atom stereocenters. The van der Waals surface area contributed by atoms with Gasteiger partial charge in [-0.3, -0.25) is 9.52 Å². The van der Waals surface area contributed by atoms with E-state index in [0.29, 0.717) is 16.9 Å². The average Bonchev–Trinajstić information content (AvgIpc) is 2.69. The Morgan fingerprint density at radius 2 is 1.43 bits per heavy atom. The summed E-state index contributed by atoms with van der Waals surface area (Å²) in [5.41, 5.74) is 1.35. The van der Waals surface area contributed by atoms with Gasteiger partial charge in [-0.1, -0.05) is 0 Å². The van der Waals surface area contributed by atoms with E-state index in [9.17, 15) is 17.6 Å². The lowest BCUT2D eigenvalue weighted by atomic mass is 10.2. The number of nitrogens with one attached hydrogen (secondary N) is 2. The second kappa shape index (κ2) is 8.45. The van der Waals surface area contributed by atoms with E-state index in [4.69, 9.17) is 0 Å². The molecule has 28 heavy (non-hydrogen) atoms. The summed E-state index contributed by atoms with van der Waals surface area (Å²) in [6, 6.07) is 18.0. The van der Waals surface area contributed by atoms with Crippen LogP contribution in [-0.2, 0) is 10.0 Å². The first-order valence-corrected chi connectivity index (χ1v) is 10.9. The fourth-order valence-corrected chi connectivity index (χ4v) is 3.86. The molecule has 0 fully saturated rings. The molecule has 3 aromatic rings. The highest BCUT2D eigenvalue weighted by molar-refractivity contribution is 7.98. The van der Waals surface area contributed by atoms with Crippen molar-refractivity contribution >= 4 is 39.1 Å². The van der Waals surface area contributed by atoms with E-state index in [1.54, 1.807) is 11.8 Å². The van der Waals surface area contributed by atoms with Gasteiger partial charge >= 0.3 is 0 Å². The van der Waals surface area contributed by atoms with Gasteiger partial charge in [0.25, 0.3) is 15.9 Å². The van der Waals surface area contributed by atoms with Crippen molar-refractivity contribution < 1.29 is 17.6 Å². The minimum atomic E-state index is -3.84. The Labute approximate surface area is 167 Å². The number of rotatable bonds is 6. The van der Waals surface area contributed by atoms with Gasteiger partial charge in [-0.25, -0.2) is 12.8 Å². The predicted molar refractivity (Wildman–Crippen MR) is 110 cm³/mol. The number of thioether (sulfide) groups is 1. The van der Waals surface area contributed by atoms with Gasteiger partial charge < -0.3 is 5.32 Å². The van der Waals surface area contributed by atoms with E-state index in [0.717, 1.165) is 17.0 Å². The number of carbonyl (C=O) groups excluding carboxylic acids is 1. The molecule has 0 aromatic heterocycles. The smallest absolute Gasteiger partial charge is 0.261 e. The molecule has 0 atom stereocenters. The Balaban J connectivity index is 1.68. The number of carbonyl (C=O) groups is 1. The second-order valence-corrected chi connectivity index (χ2v) is 8.38. The largest absolute Gasteiger partial charge is 0.322 e. The van der Waals surface area contributed by atoms with Crippen molar-refractivity contribution in [2.75, 3.05) is 16.3 Å². The first-order chi connectivity index (χ1) is 13.4. The van der Waals surface area contributed by atoms with Gasteiger partial charge in [0, 0.05) is 21.8 Å². The van der Waals surface area contributed by atoms with Crippen LogP contribution in [-0.4, -0.2) is 20.6 Å². The van der Waals surface area contributed by atoms with E-state index in [2.05, 4.69) is 10.0 Å². The number of halogens is 1. The minimum Gasteiger partial charge on any atom is -0.322 e. The molecule has 8 heteroatoms. The van der Waals surface area contributed by atoms with E-state index in [-0.39, 0.29) is 10.8 Å². The summed E-state index contributed by atoms with van der Waals surface area (Å²) in [4.78, 5) is 13.4. The Morgan fingerprint density at radius 3 is 2.00 bits per heavy atom. The third-order valence-electron chi connectivity index (χ3n) is 3.87. The molecule has 144 valence electrons. The topological polar surface area (TPSA) is 75.3 Å². The first-order valence-electron chi connectivity index (χ1n) is 8.21. The van der Waals surface area contributed by atoms with E-state index < -0.39 is 15.8 Å². The Morgan fingerprint density at radius 1 is 0.857 bits per heavy atom. The lowest BCUT2D eigenvalue weighted by molar-refractivity contribution is 0.102. The molecule has 2 N–H and O–H groups in total. The molecule has 0 aliphatic rings. The molecule has 0 saturated carbocycles. The molecular weight excluding hydrogens is 399 g/mol. The maximum absolute atomic E-state index is 13.0. The molecule has 0 spiro atoms. The van der Waals surface area contributed by atoms with Crippen molar-refractivity contribution in [2.24, 2.45) is 0 Å². The number of hydrogen-bond donors (Lipinski definition) is 2. The third kappa shape index (κ3) is 4.90.